The van der Waals surface area contributed by atoms with Crippen LogP contribution in [0.15, 0.2) is 46.8 Å². The first-order chi connectivity index (χ1) is 20.1. The van der Waals surface area contributed by atoms with E-state index in [1.54, 1.807) is 11.3 Å². The van der Waals surface area contributed by atoms with Crippen molar-refractivity contribution in [3.05, 3.63) is 53.6 Å². The fourth-order valence-electron chi connectivity index (χ4n) is 4.48. The van der Waals surface area contributed by atoms with Crippen LogP contribution < -0.4 is 20.4 Å². The van der Waals surface area contributed by atoms with Gasteiger partial charge in [0, 0.05) is 38.4 Å². The average Bonchev–Trinajstić information content (AvgIpc) is 3.43. The third-order valence-corrected chi connectivity index (χ3v) is 8.92. The van der Waals surface area contributed by atoms with E-state index in [4.69, 9.17) is 29.4 Å². The molecule has 2 aliphatic rings. The number of carbonyl (C=O) groups excluding carboxylic acids is 1. The number of fused-ring (bicyclic) bond motifs is 1. The maximum Gasteiger partial charge on any atom is 0.233 e. The van der Waals surface area contributed by atoms with Gasteiger partial charge in [0.15, 0.2) is 4.34 Å². The number of thiazole rings is 1. The van der Waals surface area contributed by atoms with Gasteiger partial charge in [-0.15, -0.1) is 11.3 Å². The van der Waals surface area contributed by atoms with Gasteiger partial charge < -0.3 is 29.9 Å². The largest absolute Gasteiger partial charge is 0.378 e. The number of nitrogens with zero attached hydrogens (tertiary/aromatic N) is 6. The lowest BCUT2D eigenvalue weighted by Gasteiger charge is -2.30. The number of amides is 1. The Hall–Kier alpha value is -3.52. The van der Waals surface area contributed by atoms with Crippen LogP contribution >= 0.6 is 23.1 Å². The van der Waals surface area contributed by atoms with Crippen LogP contribution in [-0.2, 0) is 20.8 Å². The van der Waals surface area contributed by atoms with Crippen molar-refractivity contribution >= 4 is 62.8 Å². The van der Waals surface area contributed by atoms with Crippen molar-refractivity contribution in [2.75, 3.05) is 73.5 Å². The number of benzene rings is 2. The van der Waals surface area contributed by atoms with Gasteiger partial charge in [-0.1, -0.05) is 41.6 Å². The summed E-state index contributed by atoms with van der Waals surface area (Å²) in [5.74, 6) is 2.08. The number of hydrogen-bond donors (Lipinski definition) is 2. The molecule has 2 aromatic heterocycles. The highest BCUT2D eigenvalue weighted by molar-refractivity contribution is 8.01. The maximum absolute atomic E-state index is 12.4. The number of nitrogens with one attached hydrogen (secondary N) is 2. The van der Waals surface area contributed by atoms with Crippen molar-refractivity contribution in [1.82, 2.24) is 25.3 Å². The summed E-state index contributed by atoms with van der Waals surface area (Å²) >= 11 is 3.01. The molecule has 214 valence electrons. The molecule has 2 aliphatic heterocycles. The minimum absolute atomic E-state index is 0.0147. The summed E-state index contributed by atoms with van der Waals surface area (Å²) < 4.78 is 12.9. The molecule has 2 fully saturated rings. The number of ether oxygens (including phenoxy) is 2. The van der Waals surface area contributed by atoms with Crippen molar-refractivity contribution in [1.29, 1.82) is 0 Å². The molecule has 0 aliphatic carbocycles. The van der Waals surface area contributed by atoms with E-state index in [9.17, 15) is 4.79 Å². The van der Waals surface area contributed by atoms with Crippen LogP contribution in [0.4, 0.5) is 23.5 Å². The first kappa shape index (κ1) is 27.6. The summed E-state index contributed by atoms with van der Waals surface area (Å²) in [5, 5.41) is 6.36. The van der Waals surface area contributed by atoms with Crippen molar-refractivity contribution < 1.29 is 14.3 Å². The molecule has 41 heavy (non-hydrogen) atoms. The zero-order valence-electron chi connectivity index (χ0n) is 22.8. The van der Waals surface area contributed by atoms with Crippen molar-refractivity contribution in [2.45, 2.75) is 17.8 Å². The minimum atomic E-state index is -0.0147. The number of thioether (sulfide) groups is 1. The van der Waals surface area contributed by atoms with E-state index in [2.05, 4.69) is 20.4 Å². The number of hydrogen-bond acceptors (Lipinski definition) is 12. The monoisotopic (exact) mass is 592 g/mol. The molecule has 2 aromatic carbocycles. The number of morpholine rings is 2. The fraction of sp³-hybridized carbons (Fsp3) is 0.393. The van der Waals surface area contributed by atoms with Crippen LogP contribution in [0.2, 0.25) is 0 Å². The van der Waals surface area contributed by atoms with E-state index >= 15 is 0 Å². The van der Waals surface area contributed by atoms with E-state index in [0.29, 0.717) is 56.6 Å². The summed E-state index contributed by atoms with van der Waals surface area (Å²) in [7, 11) is 0. The van der Waals surface area contributed by atoms with Crippen molar-refractivity contribution in [2.24, 2.45) is 0 Å². The van der Waals surface area contributed by atoms with E-state index in [0.717, 1.165) is 52.0 Å². The van der Waals surface area contributed by atoms with Crippen LogP contribution in [0.3, 0.4) is 0 Å². The first-order valence-corrected chi connectivity index (χ1v) is 15.4. The van der Waals surface area contributed by atoms with Gasteiger partial charge in [-0.2, -0.15) is 15.0 Å². The van der Waals surface area contributed by atoms with Gasteiger partial charge in [0.05, 0.1) is 42.4 Å². The van der Waals surface area contributed by atoms with E-state index in [1.807, 2.05) is 49.4 Å². The molecule has 11 nitrogen and oxygen atoms in total. The number of aromatic nitrogens is 4. The Morgan fingerprint density at radius 3 is 2.22 bits per heavy atom. The molecule has 6 rings (SSSR count). The maximum atomic E-state index is 12.4. The Kier molecular flexibility index (Phi) is 8.75. The molecular formula is C28H32N8O3S2. The smallest absolute Gasteiger partial charge is 0.233 e. The van der Waals surface area contributed by atoms with Gasteiger partial charge in [0.2, 0.25) is 23.8 Å². The Bertz CT molecular complexity index is 1450. The first-order valence-electron chi connectivity index (χ1n) is 13.6. The topological polar surface area (TPSA) is 118 Å². The molecule has 4 heterocycles. The molecule has 2 saturated heterocycles. The highest BCUT2D eigenvalue weighted by atomic mass is 32.2. The molecule has 4 aromatic rings. The van der Waals surface area contributed by atoms with Gasteiger partial charge in [-0.3, -0.25) is 4.79 Å². The number of carbonyl (C=O) groups is 1. The normalized spacial score (nSPS) is 15.7. The standard InChI is InChI=1S/C28H32N8O3S2/c1-19-2-4-20(5-3-19)17-29-24(37)18-40-28-31-22-7-6-21(16-23(22)41-28)30-25-32-26(35-8-12-38-13-9-35)34-27(33-25)36-10-14-39-15-11-36/h2-7,16H,8-15,17-18H2,1H3,(H,29,37)(H,30,32,33,34). The van der Waals surface area contributed by atoms with Gasteiger partial charge in [0.25, 0.3) is 0 Å². The van der Waals surface area contributed by atoms with Crippen LogP contribution in [0.5, 0.6) is 0 Å². The Morgan fingerprint density at radius 1 is 0.902 bits per heavy atom. The highest BCUT2D eigenvalue weighted by Crippen LogP contribution is 2.32. The molecule has 0 bridgehead atoms. The SMILES string of the molecule is Cc1ccc(CNC(=O)CSc2nc3ccc(Nc4nc(N5CCOCC5)nc(N5CCOCC5)n4)cc3s2)cc1. The zero-order chi connectivity index (χ0) is 28.0. The molecule has 0 radical (unpaired) electrons. The quantitative estimate of drug-likeness (QED) is 0.278. The lowest BCUT2D eigenvalue weighted by Crippen LogP contribution is -2.40. The lowest BCUT2D eigenvalue weighted by atomic mass is 10.1. The van der Waals surface area contributed by atoms with E-state index in [1.165, 1.54) is 17.3 Å². The molecule has 0 saturated carbocycles. The van der Waals surface area contributed by atoms with Crippen molar-refractivity contribution in [3.63, 3.8) is 0 Å². The van der Waals surface area contributed by atoms with Gasteiger partial charge in [-0.05, 0) is 30.7 Å². The number of rotatable bonds is 9. The Labute approximate surface area is 246 Å². The molecule has 0 atom stereocenters. The third kappa shape index (κ3) is 7.22. The van der Waals surface area contributed by atoms with Crippen LogP contribution in [-0.4, -0.2) is 84.2 Å². The average molecular weight is 593 g/mol. The van der Waals surface area contributed by atoms with E-state index < -0.39 is 0 Å². The predicted molar refractivity (Wildman–Crippen MR) is 163 cm³/mol. The Morgan fingerprint density at radius 2 is 1.56 bits per heavy atom. The second kappa shape index (κ2) is 13.0. The molecule has 13 heteroatoms. The summed E-state index contributed by atoms with van der Waals surface area (Å²) in [4.78, 5) is 35.6. The molecular weight excluding hydrogens is 560 g/mol. The molecule has 0 unspecified atom stereocenters. The number of anilines is 4. The fourth-order valence-corrected chi connectivity index (χ4v) is 6.41. The summed E-state index contributed by atoms with van der Waals surface area (Å²) in [6, 6.07) is 14.2. The molecule has 0 spiro atoms. The number of aryl methyl sites for hydroxylation is 1. The van der Waals surface area contributed by atoms with Crippen LogP contribution in [0, 0.1) is 6.92 Å². The highest BCUT2D eigenvalue weighted by Gasteiger charge is 2.21. The van der Waals surface area contributed by atoms with Gasteiger partial charge in [0.1, 0.15) is 0 Å². The lowest BCUT2D eigenvalue weighted by molar-refractivity contribution is -0.118. The zero-order valence-corrected chi connectivity index (χ0v) is 24.5. The second-order valence-corrected chi connectivity index (χ2v) is 12.0. The molecule has 1 amide bonds. The second-order valence-electron chi connectivity index (χ2n) is 9.80. The Balaban J connectivity index is 1.12. The predicted octanol–water partition coefficient (Wildman–Crippen LogP) is 3.62. The minimum Gasteiger partial charge on any atom is -0.378 e. The van der Waals surface area contributed by atoms with E-state index in [-0.39, 0.29) is 5.91 Å². The van der Waals surface area contributed by atoms with Gasteiger partial charge in [-0.25, -0.2) is 4.98 Å². The van der Waals surface area contributed by atoms with Crippen molar-refractivity contribution in [3.8, 4) is 0 Å². The van der Waals surface area contributed by atoms with Gasteiger partial charge >= 0.3 is 0 Å². The van der Waals surface area contributed by atoms with Crippen LogP contribution in [0.25, 0.3) is 10.2 Å². The third-order valence-electron chi connectivity index (χ3n) is 6.76. The molecule has 2 N–H and O–H groups in total. The summed E-state index contributed by atoms with van der Waals surface area (Å²) in [6.45, 7) is 8.13. The summed E-state index contributed by atoms with van der Waals surface area (Å²) in [6.07, 6.45) is 0. The van der Waals surface area contributed by atoms with Crippen LogP contribution in [0.1, 0.15) is 11.1 Å². The summed E-state index contributed by atoms with van der Waals surface area (Å²) in [5.41, 5.74) is 4.04.